The molecule has 0 aromatic heterocycles. The molecular formula is C20H20ClN3O3S2. The van der Waals surface area contributed by atoms with Gasteiger partial charge in [0.25, 0.3) is 0 Å². The zero-order valence-electron chi connectivity index (χ0n) is 15.7. The minimum absolute atomic E-state index is 0.0479. The fourth-order valence-corrected chi connectivity index (χ4v) is 7.33. The summed E-state index contributed by atoms with van der Waals surface area (Å²) >= 11 is 7.57. The van der Waals surface area contributed by atoms with Crippen LogP contribution in [0, 0.1) is 6.92 Å². The molecule has 6 nitrogen and oxygen atoms in total. The quantitative estimate of drug-likeness (QED) is 0.774. The van der Waals surface area contributed by atoms with Crippen LogP contribution in [0.1, 0.15) is 5.56 Å². The van der Waals surface area contributed by atoms with Gasteiger partial charge in [-0.15, -0.1) is 0 Å². The van der Waals surface area contributed by atoms with E-state index in [-0.39, 0.29) is 35.2 Å². The van der Waals surface area contributed by atoms with Crippen molar-refractivity contribution in [2.24, 2.45) is 4.99 Å². The maximum Gasteiger partial charge on any atom is 0.244 e. The Morgan fingerprint density at radius 1 is 1.24 bits per heavy atom. The lowest BCUT2D eigenvalue weighted by Gasteiger charge is -2.24. The highest BCUT2D eigenvalue weighted by molar-refractivity contribution is 8.15. The van der Waals surface area contributed by atoms with Crippen LogP contribution < -0.4 is 10.2 Å². The summed E-state index contributed by atoms with van der Waals surface area (Å²) in [6, 6.07) is 14.5. The van der Waals surface area contributed by atoms with Gasteiger partial charge in [-0.3, -0.25) is 9.79 Å². The van der Waals surface area contributed by atoms with E-state index < -0.39 is 9.84 Å². The van der Waals surface area contributed by atoms with Crippen molar-refractivity contribution in [3.63, 3.8) is 0 Å². The Bertz CT molecular complexity index is 1070. The summed E-state index contributed by atoms with van der Waals surface area (Å²) in [6.07, 6.45) is 0. The standard InChI is InChI=1S/C20H20ClN3O3S2/c1-13-5-7-15(8-6-13)22-19(25)10-24(16-4-2-3-14(21)9-16)20-23-17-11-29(26,27)12-18(17)28-20/h2-9,17-18H,10-12H2,1H3,(H,22,25). The summed E-state index contributed by atoms with van der Waals surface area (Å²) in [5.41, 5.74) is 2.57. The van der Waals surface area contributed by atoms with Crippen molar-refractivity contribution >= 4 is 55.6 Å². The van der Waals surface area contributed by atoms with Gasteiger partial charge in [0, 0.05) is 21.6 Å². The van der Waals surface area contributed by atoms with Crippen LogP contribution in [0.5, 0.6) is 0 Å². The van der Waals surface area contributed by atoms with Crippen molar-refractivity contribution in [2.45, 2.75) is 18.2 Å². The number of halogens is 1. The number of hydrogen-bond donors (Lipinski definition) is 1. The van der Waals surface area contributed by atoms with E-state index in [9.17, 15) is 13.2 Å². The van der Waals surface area contributed by atoms with Gasteiger partial charge in [-0.25, -0.2) is 8.42 Å². The molecule has 4 rings (SSSR count). The van der Waals surface area contributed by atoms with Crippen LogP contribution in [0.15, 0.2) is 53.5 Å². The number of anilines is 2. The summed E-state index contributed by atoms with van der Waals surface area (Å²) in [6.45, 7) is 2.03. The maximum atomic E-state index is 12.7. The molecule has 0 bridgehead atoms. The van der Waals surface area contributed by atoms with Gasteiger partial charge in [-0.05, 0) is 37.3 Å². The molecule has 152 valence electrons. The second kappa shape index (κ2) is 8.01. The number of aryl methyl sites for hydroxylation is 1. The Labute approximate surface area is 179 Å². The molecule has 0 aliphatic carbocycles. The van der Waals surface area contributed by atoms with Crippen molar-refractivity contribution in [3.05, 3.63) is 59.1 Å². The average Bonchev–Trinajstić information content (AvgIpc) is 3.15. The highest BCUT2D eigenvalue weighted by Crippen LogP contribution is 2.37. The fraction of sp³-hybridized carbons (Fsp3) is 0.300. The average molecular weight is 450 g/mol. The molecule has 2 aliphatic rings. The van der Waals surface area contributed by atoms with Gasteiger partial charge in [0.15, 0.2) is 15.0 Å². The van der Waals surface area contributed by atoms with E-state index in [1.807, 2.05) is 43.3 Å². The minimum atomic E-state index is -3.04. The number of fused-ring (bicyclic) bond motifs is 1. The van der Waals surface area contributed by atoms with Crippen molar-refractivity contribution in [2.75, 3.05) is 28.3 Å². The monoisotopic (exact) mass is 449 g/mol. The molecule has 2 heterocycles. The fourth-order valence-electron chi connectivity index (χ4n) is 3.37. The van der Waals surface area contributed by atoms with E-state index in [4.69, 9.17) is 11.6 Å². The number of hydrogen-bond acceptors (Lipinski definition) is 6. The predicted molar refractivity (Wildman–Crippen MR) is 120 cm³/mol. The van der Waals surface area contributed by atoms with Gasteiger partial charge in [0.05, 0.1) is 17.5 Å². The van der Waals surface area contributed by atoms with E-state index in [0.29, 0.717) is 10.2 Å². The number of nitrogens with zero attached hydrogens (tertiary/aromatic N) is 2. The highest BCUT2D eigenvalue weighted by Gasteiger charge is 2.44. The topological polar surface area (TPSA) is 78.8 Å². The molecule has 1 N–H and O–H groups in total. The summed E-state index contributed by atoms with van der Waals surface area (Å²) < 4.78 is 23.7. The normalized spacial score (nSPS) is 22.1. The van der Waals surface area contributed by atoms with Gasteiger partial charge in [0.1, 0.15) is 6.54 Å². The Morgan fingerprint density at radius 2 is 2.00 bits per heavy atom. The molecule has 0 saturated carbocycles. The van der Waals surface area contributed by atoms with Crippen LogP contribution in [0.2, 0.25) is 5.02 Å². The number of aliphatic imine (C=N–C) groups is 1. The second-order valence-corrected chi connectivity index (χ2v) is 11.0. The van der Waals surface area contributed by atoms with Gasteiger partial charge >= 0.3 is 0 Å². The summed E-state index contributed by atoms with van der Waals surface area (Å²) in [5, 5.41) is 4.00. The van der Waals surface area contributed by atoms with Crippen LogP contribution in [-0.4, -0.2) is 48.8 Å². The minimum Gasteiger partial charge on any atom is -0.325 e. The number of sulfone groups is 1. The number of thioether (sulfide) groups is 1. The molecule has 29 heavy (non-hydrogen) atoms. The first-order valence-electron chi connectivity index (χ1n) is 9.13. The second-order valence-electron chi connectivity index (χ2n) is 7.19. The van der Waals surface area contributed by atoms with Crippen LogP contribution in [0.4, 0.5) is 11.4 Å². The summed E-state index contributed by atoms with van der Waals surface area (Å²) in [5.74, 6) is -0.0108. The third-order valence-electron chi connectivity index (χ3n) is 4.79. The molecule has 1 saturated heterocycles. The smallest absolute Gasteiger partial charge is 0.244 e. The molecule has 2 atom stereocenters. The lowest BCUT2D eigenvalue weighted by molar-refractivity contribution is -0.114. The first kappa shape index (κ1) is 20.3. The molecule has 2 unspecified atom stereocenters. The van der Waals surface area contributed by atoms with Crippen LogP contribution in [0.3, 0.4) is 0 Å². The molecule has 0 spiro atoms. The SMILES string of the molecule is Cc1ccc(NC(=O)CN(C2=NC3CS(=O)(=O)CC3S2)c2cccc(Cl)c2)cc1. The summed E-state index contributed by atoms with van der Waals surface area (Å²) in [7, 11) is -3.04. The zero-order valence-corrected chi connectivity index (χ0v) is 18.1. The number of nitrogens with one attached hydrogen (secondary N) is 1. The van der Waals surface area contributed by atoms with E-state index in [2.05, 4.69) is 10.3 Å². The van der Waals surface area contributed by atoms with Crippen LogP contribution >= 0.6 is 23.4 Å². The first-order chi connectivity index (χ1) is 13.8. The van der Waals surface area contributed by atoms with E-state index in [1.54, 1.807) is 17.0 Å². The number of carbonyl (C=O) groups is 1. The Hall–Kier alpha value is -2.03. The number of carbonyl (C=O) groups excluding carboxylic acids is 1. The molecule has 2 aromatic rings. The third-order valence-corrected chi connectivity index (χ3v) is 8.28. The Balaban J connectivity index is 1.56. The zero-order chi connectivity index (χ0) is 20.6. The number of benzene rings is 2. The molecule has 1 fully saturated rings. The largest absolute Gasteiger partial charge is 0.325 e. The van der Waals surface area contributed by atoms with Crippen molar-refractivity contribution < 1.29 is 13.2 Å². The molecule has 2 aliphatic heterocycles. The van der Waals surface area contributed by atoms with Gasteiger partial charge in [-0.2, -0.15) is 0 Å². The maximum absolute atomic E-state index is 12.7. The number of amidine groups is 1. The molecule has 2 aromatic carbocycles. The van der Waals surface area contributed by atoms with E-state index in [1.165, 1.54) is 11.8 Å². The first-order valence-corrected chi connectivity index (χ1v) is 12.2. The van der Waals surface area contributed by atoms with Gasteiger partial charge < -0.3 is 10.2 Å². The van der Waals surface area contributed by atoms with Crippen molar-refractivity contribution in [1.82, 2.24) is 0 Å². The summed E-state index contributed by atoms with van der Waals surface area (Å²) in [4.78, 5) is 19.2. The molecule has 9 heteroatoms. The van der Waals surface area contributed by atoms with Gasteiger partial charge in [-0.1, -0.05) is 47.1 Å². The molecular weight excluding hydrogens is 430 g/mol. The van der Waals surface area contributed by atoms with Crippen LogP contribution in [0.25, 0.3) is 0 Å². The predicted octanol–water partition coefficient (Wildman–Crippen LogP) is 3.36. The Morgan fingerprint density at radius 3 is 2.69 bits per heavy atom. The number of rotatable bonds is 4. The van der Waals surface area contributed by atoms with Crippen molar-refractivity contribution in [1.29, 1.82) is 0 Å². The lowest BCUT2D eigenvalue weighted by atomic mass is 10.2. The van der Waals surface area contributed by atoms with Crippen molar-refractivity contribution in [3.8, 4) is 0 Å². The van der Waals surface area contributed by atoms with Gasteiger partial charge in [0.2, 0.25) is 5.91 Å². The number of amides is 1. The highest BCUT2D eigenvalue weighted by atomic mass is 35.5. The lowest BCUT2D eigenvalue weighted by Crippen LogP contribution is -2.36. The molecule has 1 amide bonds. The Kier molecular flexibility index (Phi) is 5.59. The molecule has 0 radical (unpaired) electrons. The van der Waals surface area contributed by atoms with E-state index >= 15 is 0 Å². The van der Waals surface area contributed by atoms with Crippen LogP contribution in [-0.2, 0) is 14.6 Å². The third kappa shape index (κ3) is 4.76. The van der Waals surface area contributed by atoms with E-state index in [0.717, 1.165) is 16.9 Å².